The summed E-state index contributed by atoms with van der Waals surface area (Å²) in [5.74, 6) is 0.910. The molecule has 0 heterocycles. The molecule has 0 spiro atoms. The van der Waals surface area contributed by atoms with Crippen LogP contribution in [0.2, 0.25) is 0 Å². The summed E-state index contributed by atoms with van der Waals surface area (Å²) in [7, 11) is 2.19. The molecule has 1 aromatic carbocycles. The Morgan fingerprint density at radius 2 is 1.49 bits per heavy atom. The van der Waals surface area contributed by atoms with E-state index in [1.54, 1.807) is 0 Å². The summed E-state index contributed by atoms with van der Waals surface area (Å²) in [6, 6.07) is 10.6. The van der Waals surface area contributed by atoms with Crippen molar-refractivity contribution in [2.24, 2.45) is 63.5 Å². The molecule has 51 heavy (non-hydrogen) atoms. The van der Waals surface area contributed by atoms with Gasteiger partial charge in [0.1, 0.15) is 18.3 Å². The van der Waals surface area contributed by atoms with Crippen molar-refractivity contribution in [1.29, 1.82) is 0 Å². The van der Waals surface area contributed by atoms with Gasteiger partial charge in [-0.3, -0.25) is 14.4 Å². The fourth-order valence-corrected chi connectivity index (χ4v) is 11.4. The predicted octanol–water partition coefficient (Wildman–Crippen LogP) is 5.20. The van der Waals surface area contributed by atoms with Crippen molar-refractivity contribution in [2.75, 3.05) is 33.2 Å². The zero-order valence-electron chi connectivity index (χ0n) is 31.7. The van der Waals surface area contributed by atoms with Gasteiger partial charge in [-0.2, -0.15) is 0 Å². The number of carbonyl (C=O) groups excluding carboxylic acids is 3. The van der Waals surface area contributed by atoms with Crippen molar-refractivity contribution >= 4 is 17.9 Å². The van der Waals surface area contributed by atoms with Crippen LogP contribution in [0.15, 0.2) is 30.3 Å². The Kier molecular flexibility index (Phi) is 13.6. The van der Waals surface area contributed by atoms with Crippen LogP contribution in [0.4, 0.5) is 0 Å². The third-order valence-corrected chi connectivity index (χ3v) is 13.8. The van der Waals surface area contributed by atoms with Gasteiger partial charge in [-0.15, -0.1) is 0 Å². The highest BCUT2D eigenvalue weighted by molar-refractivity contribution is 5.70. The van der Waals surface area contributed by atoms with Gasteiger partial charge in [0.15, 0.2) is 0 Å². The Balaban J connectivity index is 1.39. The van der Waals surface area contributed by atoms with Crippen LogP contribution in [-0.4, -0.2) is 74.3 Å². The van der Waals surface area contributed by atoms with Gasteiger partial charge < -0.3 is 36.3 Å². The second kappa shape index (κ2) is 17.5. The van der Waals surface area contributed by atoms with Gasteiger partial charge in [-0.25, -0.2) is 0 Å². The van der Waals surface area contributed by atoms with E-state index in [-0.39, 0.29) is 110 Å². The van der Waals surface area contributed by atoms with Gasteiger partial charge in [0.05, 0.1) is 19.3 Å². The second-order valence-electron chi connectivity index (χ2n) is 16.9. The molecule has 0 bridgehead atoms. The Morgan fingerprint density at radius 1 is 0.843 bits per heavy atom. The Hall–Kier alpha value is -2.53. The van der Waals surface area contributed by atoms with Crippen LogP contribution in [0, 0.1) is 46.3 Å². The molecule has 1 aromatic rings. The van der Waals surface area contributed by atoms with E-state index in [4.69, 9.17) is 31.4 Å². The van der Waals surface area contributed by atoms with Crippen LogP contribution in [0.25, 0.3) is 0 Å². The number of hydrogen-bond donors (Lipinski definition) is 3. The zero-order chi connectivity index (χ0) is 36.8. The van der Waals surface area contributed by atoms with Gasteiger partial charge >= 0.3 is 17.9 Å². The Morgan fingerprint density at radius 3 is 2.16 bits per heavy atom. The first kappa shape index (κ1) is 39.7. The molecule has 0 amide bonds. The molecule has 10 nitrogen and oxygen atoms in total. The number of benzene rings is 1. The molecule has 0 aliphatic heterocycles. The van der Waals surface area contributed by atoms with Crippen LogP contribution in [0.3, 0.4) is 0 Å². The van der Waals surface area contributed by atoms with E-state index in [1.165, 1.54) is 5.56 Å². The van der Waals surface area contributed by atoms with E-state index < -0.39 is 0 Å². The summed E-state index contributed by atoms with van der Waals surface area (Å²) in [6.07, 6.45) is 8.16. The van der Waals surface area contributed by atoms with Crippen LogP contribution in [-0.2, 0) is 35.1 Å². The van der Waals surface area contributed by atoms with E-state index in [0.29, 0.717) is 11.8 Å². The first-order valence-electron chi connectivity index (χ1n) is 19.9. The molecule has 286 valence electrons. The maximum Gasteiger partial charge on any atom is 0.307 e. The molecule has 0 radical (unpaired) electrons. The standard InChI is InChI=1S/C41H66N4O6/c1-27(9-8-22-45(4)26-28-10-6-5-7-11-28)31-12-13-32-39-33(25-35(41(31,32)3)51-38(48)17-21-44)40(2)18-14-30(49-36(46)15-19-42)23-29(40)24-34(39)50-37(47)16-20-43/h5-7,10-11,27,29-35,39H,8-9,12-26,42-44H2,1-4H3/t27-,29+,30-,31-,32+,33+,34-,35+,39+,40+,41-/m1/s1. The van der Waals surface area contributed by atoms with E-state index in [1.807, 2.05) is 0 Å². The van der Waals surface area contributed by atoms with E-state index in [9.17, 15) is 14.4 Å². The molecule has 4 aliphatic rings. The number of nitrogens with zero attached hydrogens (tertiary/aromatic N) is 1. The van der Waals surface area contributed by atoms with Gasteiger partial charge in [0.2, 0.25) is 0 Å². The number of rotatable bonds is 16. The third-order valence-electron chi connectivity index (χ3n) is 13.8. The molecule has 0 aromatic heterocycles. The van der Waals surface area contributed by atoms with Gasteiger partial charge in [-0.1, -0.05) is 51.1 Å². The average Bonchev–Trinajstić information content (AvgIpc) is 3.44. The Bertz CT molecular complexity index is 1310. The maximum absolute atomic E-state index is 13.3. The van der Waals surface area contributed by atoms with E-state index in [2.05, 4.69) is 63.1 Å². The van der Waals surface area contributed by atoms with Crippen LogP contribution >= 0.6 is 0 Å². The molecule has 4 fully saturated rings. The monoisotopic (exact) mass is 710 g/mol. The minimum absolute atomic E-state index is 0.0644. The molecule has 10 heteroatoms. The molecule has 5 rings (SSSR count). The van der Waals surface area contributed by atoms with Gasteiger partial charge in [-0.05, 0) is 112 Å². The minimum Gasteiger partial charge on any atom is -0.462 e. The van der Waals surface area contributed by atoms with Crippen LogP contribution in [0.1, 0.15) is 103 Å². The minimum atomic E-state index is -0.253. The number of carbonyl (C=O) groups is 3. The molecule has 0 saturated heterocycles. The molecule has 4 saturated carbocycles. The molecule has 6 N–H and O–H groups in total. The fraction of sp³-hybridized carbons (Fsp3) is 0.780. The van der Waals surface area contributed by atoms with Crippen molar-refractivity contribution < 1.29 is 28.6 Å². The SMILES string of the molecule is C[C@H](CCCN(C)Cc1ccccc1)[C@H]1CC[C@H]2[C@@H]3[C@H](OC(=O)CCN)C[C@@H]4C[C@H](OC(=O)CCN)CC[C@]4(C)[C@H]3C[C@H](OC(=O)CCN)[C@]12C. The summed E-state index contributed by atoms with van der Waals surface area (Å²) in [6.45, 7) is 9.90. The van der Waals surface area contributed by atoms with E-state index >= 15 is 0 Å². The smallest absolute Gasteiger partial charge is 0.307 e. The quantitative estimate of drug-likeness (QED) is 0.154. The summed E-state index contributed by atoms with van der Waals surface area (Å²) in [5.41, 5.74) is 18.3. The highest BCUT2D eigenvalue weighted by Crippen LogP contribution is 2.69. The second-order valence-corrected chi connectivity index (χ2v) is 16.9. The lowest BCUT2D eigenvalue weighted by atomic mass is 9.43. The summed E-state index contributed by atoms with van der Waals surface area (Å²) in [4.78, 5) is 41.3. The maximum atomic E-state index is 13.3. The normalized spacial score (nSPS) is 34.9. The van der Waals surface area contributed by atoms with Crippen molar-refractivity contribution in [2.45, 2.75) is 123 Å². The predicted molar refractivity (Wildman–Crippen MR) is 198 cm³/mol. The first-order valence-corrected chi connectivity index (χ1v) is 19.9. The lowest BCUT2D eigenvalue weighted by Gasteiger charge is -2.64. The summed E-state index contributed by atoms with van der Waals surface area (Å²) < 4.78 is 18.8. The lowest BCUT2D eigenvalue weighted by Crippen LogP contribution is -2.63. The highest BCUT2D eigenvalue weighted by atomic mass is 16.6. The molecular formula is C41H66N4O6. The number of esters is 3. The molecular weight excluding hydrogens is 644 g/mol. The van der Waals surface area contributed by atoms with Crippen molar-refractivity contribution in [3.05, 3.63) is 35.9 Å². The molecule has 11 atom stereocenters. The largest absolute Gasteiger partial charge is 0.462 e. The number of nitrogens with two attached hydrogens (primary N) is 3. The lowest BCUT2D eigenvalue weighted by molar-refractivity contribution is -0.225. The zero-order valence-corrected chi connectivity index (χ0v) is 31.7. The molecule has 4 aliphatic carbocycles. The Labute approximate surface area is 306 Å². The highest BCUT2D eigenvalue weighted by Gasteiger charge is 2.67. The van der Waals surface area contributed by atoms with Crippen LogP contribution < -0.4 is 17.2 Å². The van der Waals surface area contributed by atoms with Gasteiger partial charge in [0.25, 0.3) is 0 Å². The summed E-state index contributed by atoms with van der Waals surface area (Å²) >= 11 is 0. The topological polar surface area (TPSA) is 160 Å². The van der Waals surface area contributed by atoms with Gasteiger partial charge in [0, 0.05) is 37.5 Å². The van der Waals surface area contributed by atoms with Crippen LogP contribution in [0.5, 0.6) is 0 Å². The first-order chi connectivity index (χ1) is 24.4. The van der Waals surface area contributed by atoms with Crippen molar-refractivity contribution in [3.63, 3.8) is 0 Å². The third kappa shape index (κ3) is 8.82. The average molecular weight is 711 g/mol. The number of fused-ring (bicyclic) bond motifs is 5. The summed E-state index contributed by atoms with van der Waals surface area (Å²) in [5, 5.41) is 0. The fourth-order valence-electron chi connectivity index (χ4n) is 11.4. The van der Waals surface area contributed by atoms with E-state index in [0.717, 1.165) is 70.9 Å². The number of hydrogen-bond acceptors (Lipinski definition) is 10. The van der Waals surface area contributed by atoms with Crippen molar-refractivity contribution in [1.82, 2.24) is 4.90 Å². The number of ether oxygens (including phenoxy) is 3. The van der Waals surface area contributed by atoms with Crippen molar-refractivity contribution in [3.8, 4) is 0 Å². The molecule has 0 unspecified atom stereocenters.